The number of hydrogen-bond acceptors (Lipinski definition) is 6. The fourth-order valence-electron chi connectivity index (χ4n) is 2.43. The molecule has 7 heteroatoms. The Morgan fingerprint density at radius 2 is 2.00 bits per heavy atom. The predicted molar refractivity (Wildman–Crippen MR) is 104 cm³/mol. The molecule has 2 heterocycles. The average Bonchev–Trinajstić information content (AvgIpc) is 3.17. The van der Waals surface area contributed by atoms with Gasteiger partial charge in [-0.3, -0.25) is 4.79 Å². The molecule has 0 aliphatic carbocycles. The largest absolute Gasteiger partial charge is 0.451 e. The molecule has 1 aromatic carbocycles. The molecule has 0 aliphatic rings. The van der Waals surface area contributed by atoms with Gasteiger partial charge in [0.2, 0.25) is 0 Å². The fraction of sp³-hybridized carbons (Fsp3) is 0.316. The van der Waals surface area contributed by atoms with Gasteiger partial charge in [0, 0.05) is 14.8 Å². The van der Waals surface area contributed by atoms with Crippen molar-refractivity contribution in [3.05, 3.63) is 35.2 Å². The summed E-state index contributed by atoms with van der Waals surface area (Å²) >= 11 is 2.99. The molecular weight excluding hydrogens is 368 g/mol. The normalized spacial score (nSPS) is 13.5. The predicted octanol–water partition coefficient (Wildman–Crippen LogP) is 4.33. The van der Waals surface area contributed by atoms with Crippen LogP contribution in [0.1, 0.15) is 30.4 Å². The Morgan fingerprint density at radius 3 is 2.69 bits per heavy atom. The number of esters is 1. The van der Waals surface area contributed by atoms with E-state index in [1.807, 2.05) is 32.0 Å². The van der Waals surface area contributed by atoms with E-state index in [4.69, 9.17) is 4.74 Å². The van der Waals surface area contributed by atoms with Crippen LogP contribution in [0.2, 0.25) is 0 Å². The average molecular weight is 386 g/mol. The summed E-state index contributed by atoms with van der Waals surface area (Å²) in [4.78, 5) is 24.8. The Bertz CT molecular complexity index is 1030. The molecule has 0 saturated carbocycles. The Labute approximate surface area is 159 Å². The van der Waals surface area contributed by atoms with Gasteiger partial charge in [-0.05, 0) is 25.0 Å². The highest BCUT2D eigenvalue weighted by Gasteiger charge is 2.30. The summed E-state index contributed by atoms with van der Waals surface area (Å²) in [5.41, 5.74) is -0.992. The SMILES string of the molecule is CC(C)[C@@](C)(C#N)NC(=O)COC(=O)c1cc2sc3ccccc3c2s1. The fourth-order valence-corrected chi connectivity index (χ4v) is 4.85. The molecule has 0 fully saturated rings. The van der Waals surface area contributed by atoms with Crippen molar-refractivity contribution in [2.24, 2.45) is 5.92 Å². The molecule has 0 aliphatic heterocycles. The lowest BCUT2D eigenvalue weighted by atomic mass is 9.90. The molecule has 5 nitrogen and oxygen atoms in total. The number of hydrogen-bond donors (Lipinski definition) is 1. The van der Waals surface area contributed by atoms with Gasteiger partial charge >= 0.3 is 5.97 Å². The van der Waals surface area contributed by atoms with Gasteiger partial charge in [0.15, 0.2) is 6.61 Å². The lowest BCUT2D eigenvalue weighted by molar-refractivity contribution is -0.125. The highest BCUT2D eigenvalue weighted by molar-refractivity contribution is 7.33. The number of amides is 1. The van der Waals surface area contributed by atoms with E-state index in [0.29, 0.717) is 4.88 Å². The summed E-state index contributed by atoms with van der Waals surface area (Å²) in [6.45, 7) is 4.93. The minimum Gasteiger partial charge on any atom is -0.451 e. The number of nitrogens with one attached hydrogen (secondary N) is 1. The van der Waals surface area contributed by atoms with E-state index < -0.39 is 24.0 Å². The van der Waals surface area contributed by atoms with Crippen LogP contribution in [0.5, 0.6) is 0 Å². The quantitative estimate of drug-likeness (QED) is 0.662. The van der Waals surface area contributed by atoms with Crippen LogP contribution in [-0.4, -0.2) is 24.0 Å². The van der Waals surface area contributed by atoms with Crippen molar-refractivity contribution in [2.45, 2.75) is 26.3 Å². The Morgan fingerprint density at radius 1 is 1.27 bits per heavy atom. The molecule has 3 aromatic rings. The summed E-state index contributed by atoms with van der Waals surface area (Å²) in [7, 11) is 0. The van der Waals surface area contributed by atoms with E-state index in [1.165, 1.54) is 16.0 Å². The zero-order valence-electron chi connectivity index (χ0n) is 14.7. The number of carbonyl (C=O) groups is 2. The first kappa shape index (κ1) is 18.4. The Hall–Kier alpha value is -2.43. The van der Waals surface area contributed by atoms with Gasteiger partial charge < -0.3 is 10.1 Å². The monoisotopic (exact) mass is 386 g/mol. The van der Waals surface area contributed by atoms with Crippen LogP contribution in [0, 0.1) is 17.2 Å². The second-order valence-corrected chi connectivity index (χ2v) is 8.63. The first-order chi connectivity index (χ1) is 12.3. The summed E-state index contributed by atoms with van der Waals surface area (Å²) in [6, 6.07) is 11.9. The van der Waals surface area contributed by atoms with Gasteiger partial charge in [0.05, 0.1) is 10.8 Å². The van der Waals surface area contributed by atoms with Crippen molar-refractivity contribution < 1.29 is 14.3 Å². The van der Waals surface area contributed by atoms with E-state index >= 15 is 0 Å². The van der Waals surface area contributed by atoms with Crippen molar-refractivity contribution in [3.8, 4) is 6.07 Å². The number of fused-ring (bicyclic) bond motifs is 3. The van der Waals surface area contributed by atoms with Crippen LogP contribution < -0.4 is 5.32 Å². The Balaban J connectivity index is 1.68. The molecule has 1 N–H and O–H groups in total. The van der Waals surface area contributed by atoms with Crippen molar-refractivity contribution in [3.63, 3.8) is 0 Å². The van der Waals surface area contributed by atoms with Gasteiger partial charge in [-0.1, -0.05) is 32.0 Å². The lowest BCUT2D eigenvalue weighted by Gasteiger charge is -2.27. The van der Waals surface area contributed by atoms with Crippen molar-refractivity contribution in [1.29, 1.82) is 5.26 Å². The van der Waals surface area contributed by atoms with Crippen LogP contribution in [0.3, 0.4) is 0 Å². The van der Waals surface area contributed by atoms with Crippen LogP contribution in [-0.2, 0) is 9.53 Å². The molecular formula is C19H18N2O3S2. The molecule has 1 amide bonds. The maximum absolute atomic E-state index is 12.3. The number of ether oxygens (including phenoxy) is 1. The van der Waals surface area contributed by atoms with Gasteiger partial charge in [0.1, 0.15) is 10.4 Å². The van der Waals surface area contributed by atoms with Crippen LogP contribution in [0.25, 0.3) is 19.5 Å². The summed E-state index contributed by atoms with van der Waals surface area (Å²) < 4.78 is 8.39. The first-order valence-corrected chi connectivity index (χ1v) is 9.78. The zero-order valence-corrected chi connectivity index (χ0v) is 16.3. The zero-order chi connectivity index (χ0) is 18.9. The second-order valence-electron chi connectivity index (χ2n) is 6.50. The molecule has 2 aromatic heterocycles. The number of nitrogens with zero attached hydrogens (tertiary/aromatic N) is 1. The minimum absolute atomic E-state index is 0.0653. The highest BCUT2D eigenvalue weighted by Crippen LogP contribution is 2.39. The molecule has 1 atom stereocenters. The van der Waals surface area contributed by atoms with Gasteiger partial charge in [-0.2, -0.15) is 5.26 Å². The number of nitriles is 1. The standard InChI is InChI=1S/C19H18N2O3S2/c1-11(2)19(3,10-20)21-16(22)9-24-18(23)15-8-14-17(26-15)12-6-4-5-7-13(12)25-14/h4-8,11H,9H2,1-3H3,(H,21,22)/t19-/m1/s1. The molecule has 0 radical (unpaired) electrons. The van der Waals surface area contributed by atoms with Crippen LogP contribution >= 0.6 is 22.7 Å². The molecule has 0 unspecified atom stereocenters. The molecule has 134 valence electrons. The number of rotatable bonds is 5. The maximum Gasteiger partial charge on any atom is 0.348 e. The third kappa shape index (κ3) is 3.43. The van der Waals surface area contributed by atoms with Crippen molar-refractivity contribution in [1.82, 2.24) is 5.32 Å². The molecule has 0 spiro atoms. The number of carbonyl (C=O) groups excluding carboxylic acids is 2. The smallest absolute Gasteiger partial charge is 0.348 e. The maximum atomic E-state index is 12.3. The summed E-state index contributed by atoms with van der Waals surface area (Å²) in [6.07, 6.45) is 0. The minimum atomic E-state index is -0.992. The first-order valence-electron chi connectivity index (χ1n) is 8.14. The molecule has 0 saturated heterocycles. The van der Waals surface area contributed by atoms with E-state index in [2.05, 4.69) is 17.5 Å². The number of benzene rings is 1. The van der Waals surface area contributed by atoms with E-state index in [-0.39, 0.29) is 5.92 Å². The van der Waals surface area contributed by atoms with Crippen molar-refractivity contribution in [2.75, 3.05) is 6.61 Å². The van der Waals surface area contributed by atoms with Crippen LogP contribution in [0.4, 0.5) is 0 Å². The topological polar surface area (TPSA) is 79.2 Å². The van der Waals surface area contributed by atoms with Crippen LogP contribution in [0.15, 0.2) is 30.3 Å². The third-order valence-electron chi connectivity index (χ3n) is 4.37. The van der Waals surface area contributed by atoms with Gasteiger partial charge in [-0.25, -0.2) is 4.79 Å². The van der Waals surface area contributed by atoms with E-state index in [9.17, 15) is 14.9 Å². The molecule has 26 heavy (non-hydrogen) atoms. The van der Waals surface area contributed by atoms with Gasteiger partial charge in [0.25, 0.3) is 5.91 Å². The lowest BCUT2D eigenvalue weighted by Crippen LogP contribution is -2.50. The molecule has 3 rings (SSSR count). The van der Waals surface area contributed by atoms with E-state index in [1.54, 1.807) is 24.3 Å². The highest BCUT2D eigenvalue weighted by atomic mass is 32.1. The third-order valence-corrected chi connectivity index (χ3v) is 6.77. The second kappa shape index (κ2) is 7.06. The summed E-state index contributed by atoms with van der Waals surface area (Å²) in [5, 5.41) is 13.0. The Kier molecular flexibility index (Phi) is 4.99. The van der Waals surface area contributed by atoms with E-state index in [0.717, 1.165) is 14.8 Å². The number of thiophene rings is 2. The van der Waals surface area contributed by atoms with Crippen molar-refractivity contribution >= 4 is 54.0 Å². The van der Waals surface area contributed by atoms with Gasteiger partial charge in [-0.15, -0.1) is 22.7 Å². The molecule has 0 bridgehead atoms. The summed E-state index contributed by atoms with van der Waals surface area (Å²) in [5.74, 6) is -1.08.